The van der Waals surface area contributed by atoms with E-state index in [1.54, 1.807) is 0 Å². The summed E-state index contributed by atoms with van der Waals surface area (Å²) in [6.45, 7) is 7.94. The van der Waals surface area contributed by atoms with Crippen molar-refractivity contribution in [2.45, 2.75) is 52.0 Å². The van der Waals surface area contributed by atoms with Crippen LogP contribution in [0.15, 0.2) is 0 Å². The van der Waals surface area contributed by atoms with Crippen molar-refractivity contribution < 1.29 is 9.59 Å². The van der Waals surface area contributed by atoms with E-state index in [2.05, 4.69) is 19.2 Å². The van der Waals surface area contributed by atoms with Crippen LogP contribution < -0.4 is 11.1 Å². The fourth-order valence-electron chi connectivity index (χ4n) is 3.34. The highest BCUT2D eigenvalue weighted by atomic mass is 16.2. The summed E-state index contributed by atoms with van der Waals surface area (Å²) in [7, 11) is 0. The van der Waals surface area contributed by atoms with Gasteiger partial charge in [0.25, 0.3) is 0 Å². The molecule has 6 nitrogen and oxygen atoms in total. The Morgan fingerprint density at radius 3 is 2.48 bits per heavy atom. The van der Waals surface area contributed by atoms with Crippen LogP contribution in [0.4, 0.5) is 4.79 Å². The van der Waals surface area contributed by atoms with Crippen molar-refractivity contribution in [3.05, 3.63) is 0 Å². The highest BCUT2D eigenvalue weighted by Crippen LogP contribution is 2.21. The molecule has 23 heavy (non-hydrogen) atoms. The minimum Gasteiger partial charge on any atom is -0.343 e. The van der Waals surface area contributed by atoms with Crippen molar-refractivity contribution in [3.8, 4) is 0 Å². The zero-order chi connectivity index (χ0) is 16.8. The maximum absolute atomic E-state index is 12.4. The van der Waals surface area contributed by atoms with Gasteiger partial charge in [-0.25, -0.2) is 4.79 Å². The van der Waals surface area contributed by atoms with Gasteiger partial charge < -0.3 is 20.9 Å². The van der Waals surface area contributed by atoms with Crippen molar-refractivity contribution in [2.75, 3.05) is 32.7 Å². The second kappa shape index (κ2) is 8.52. The monoisotopic (exact) mass is 324 g/mol. The number of carbonyl (C=O) groups excluding carboxylic acids is 2. The van der Waals surface area contributed by atoms with Crippen LogP contribution in [0.5, 0.6) is 0 Å². The zero-order valence-corrected chi connectivity index (χ0v) is 14.6. The summed E-state index contributed by atoms with van der Waals surface area (Å²) in [6.07, 6.45) is 4.38. The molecular formula is C17H32N4O2. The molecule has 2 aliphatic heterocycles. The smallest absolute Gasteiger partial charge is 0.317 e. The predicted molar refractivity (Wildman–Crippen MR) is 90.9 cm³/mol. The standard InChI is InChI=1S/C17H32N4O2/c1-13(2)11-19-17(23)21-7-3-4-14(12-21)10-16(22)20-8-5-15(18)6-9-20/h13-15H,3-12,18H2,1-2H3,(H,19,23). The molecule has 0 aromatic carbocycles. The Morgan fingerprint density at radius 1 is 1.13 bits per heavy atom. The quantitative estimate of drug-likeness (QED) is 0.820. The predicted octanol–water partition coefficient (Wildman–Crippen LogP) is 1.40. The van der Waals surface area contributed by atoms with Crippen LogP contribution in [0, 0.1) is 11.8 Å². The Bertz CT molecular complexity index is 405. The van der Waals surface area contributed by atoms with Gasteiger partial charge in [-0.3, -0.25) is 4.79 Å². The van der Waals surface area contributed by atoms with Crippen molar-refractivity contribution in [1.82, 2.24) is 15.1 Å². The zero-order valence-electron chi connectivity index (χ0n) is 14.6. The second-order valence-corrected chi connectivity index (χ2v) is 7.46. The summed E-state index contributed by atoms with van der Waals surface area (Å²) in [4.78, 5) is 28.4. The maximum Gasteiger partial charge on any atom is 0.317 e. The van der Waals surface area contributed by atoms with Crippen LogP contribution >= 0.6 is 0 Å². The highest BCUT2D eigenvalue weighted by molar-refractivity contribution is 5.77. The molecule has 3 N–H and O–H groups in total. The third-order valence-electron chi connectivity index (χ3n) is 4.82. The molecule has 6 heteroatoms. The first-order valence-electron chi connectivity index (χ1n) is 9.02. The molecule has 0 aromatic rings. The normalized spacial score (nSPS) is 23.2. The molecule has 2 aliphatic rings. The van der Waals surface area contributed by atoms with Gasteiger partial charge in [-0.15, -0.1) is 0 Å². The van der Waals surface area contributed by atoms with Gasteiger partial charge >= 0.3 is 6.03 Å². The SMILES string of the molecule is CC(C)CNC(=O)N1CCCC(CC(=O)N2CCC(N)CC2)C1. The molecule has 0 aliphatic carbocycles. The van der Waals surface area contributed by atoms with Crippen LogP contribution in [0.2, 0.25) is 0 Å². The molecule has 0 spiro atoms. The molecule has 2 rings (SSSR count). The maximum atomic E-state index is 12.4. The van der Waals surface area contributed by atoms with Crippen molar-refractivity contribution in [3.63, 3.8) is 0 Å². The van der Waals surface area contributed by atoms with Gasteiger partial charge in [-0.05, 0) is 37.5 Å². The molecule has 132 valence electrons. The number of likely N-dealkylation sites (tertiary alicyclic amines) is 2. The van der Waals surface area contributed by atoms with E-state index in [-0.39, 0.29) is 23.9 Å². The van der Waals surface area contributed by atoms with E-state index >= 15 is 0 Å². The Kier molecular flexibility index (Phi) is 6.69. The number of hydrogen-bond acceptors (Lipinski definition) is 3. The lowest BCUT2D eigenvalue weighted by Gasteiger charge is -2.35. The van der Waals surface area contributed by atoms with E-state index < -0.39 is 0 Å². The van der Waals surface area contributed by atoms with Crippen molar-refractivity contribution >= 4 is 11.9 Å². The Labute approximate surface area is 139 Å². The Morgan fingerprint density at radius 2 is 1.83 bits per heavy atom. The van der Waals surface area contributed by atoms with Gasteiger partial charge in [-0.1, -0.05) is 13.8 Å². The van der Waals surface area contributed by atoms with E-state index in [0.717, 1.165) is 45.3 Å². The summed E-state index contributed by atoms with van der Waals surface area (Å²) in [5, 5.41) is 2.97. The molecule has 2 heterocycles. The molecule has 0 saturated carbocycles. The lowest BCUT2D eigenvalue weighted by Crippen LogP contribution is -2.48. The van der Waals surface area contributed by atoms with Crippen LogP contribution in [0.3, 0.4) is 0 Å². The van der Waals surface area contributed by atoms with Gasteiger partial charge in [0.2, 0.25) is 5.91 Å². The van der Waals surface area contributed by atoms with Crippen LogP contribution in [-0.4, -0.2) is 60.5 Å². The first kappa shape index (κ1) is 18.0. The van der Waals surface area contributed by atoms with Crippen LogP contribution in [-0.2, 0) is 4.79 Å². The number of nitrogens with one attached hydrogen (secondary N) is 1. The molecule has 3 amide bonds. The summed E-state index contributed by atoms with van der Waals surface area (Å²) in [5.41, 5.74) is 5.89. The van der Waals surface area contributed by atoms with Gasteiger partial charge in [0.15, 0.2) is 0 Å². The molecule has 0 aromatic heterocycles. The highest BCUT2D eigenvalue weighted by Gasteiger charge is 2.28. The average molecular weight is 324 g/mol. The van der Waals surface area contributed by atoms with Crippen LogP contribution in [0.25, 0.3) is 0 Å². The molecule has 2 fully saturated rings. The number of hydrogen-bond donors (Lipinski definition) is 2. The van der Waals surface area contributed by atoms with E-state index in [9.17, 15) is 9.59 Å². The van der Waals surface area contributed by atoms with Gasteiger partial charge in [-0.2, -0.15) is 0 Å². The number of rotatable bonds is 4. The fraction of sp³-hybridized carbons (Fsp3) is 0.882. The lowest BCUT2D eigenvalue weighted by atomic mass is 9.93. The Balaban J connectivity index is 1.77. The summed E-state index contributed by atoms with van der Waals surface area (Å²) in [5.74, 6) is 0.967. The van der Waals surface area contributed by atoms with Gasteiger partial charge in [0, 0.05) is 45.2 Å². The second-order valence-electron chi connectivity index (χ2n) is 7.46. The number of piperidine rings is 2. The van der Waals surface area contributed by atoms with E-state index in [4.69, 9.17) is 5.73 Å². The minimum atomic E-state index is 0.0137. The fourth-order valence-corrected chi connectivity index (χ4v) is 3.34. The minimum absolute atomic E-state index is 0.0137. The first-order valence-corrected chi connectivity index (χ1v) is 9.02. The van der Waals surface area contributed by atoms with Gasteiger partial charge in [0.1, 0.15) is 0 Å². The Hall–Kier alpha value is -1.30. The van der Waals surface area contributed by atoms with Crippen molar-refractivity contribution in [1.29, 1.82) is 0 Å². The third kappa shape index (κ3) is 5.68. The largest absolute Gasteiger partial charge is 0.343 e. The molecule has 1 unspecified atom stereocenters. The summed E-state index contributed by atoms with van der Waals surface area (Å²) < 4.78 is 0. The molecule has 0 radical (unpaired) electrons. The molecule has 0 bridgehead atoms. The lowest BCUT2D eigenvalue weighted by molar-refractivity contribution is -0.133. The van der Waals surface area contributed by atoms with E-state index in [0.29, 0.717) is 25.4 Å². The number of nitrogens with zero attached hydrogens (tertiary/aromatic N) is 2. The summed E-state index contributed by atoms with van der Waals surface area (Å²) in [6, 6.07) is 0.258. The number of nitrogens with two attached hydrogens (primary N) is 1. The van der Waals surface area contributed by atoms with E-state index in [1.807, 2.05) is 9.80 Å². The van der Waals surface area contributed by atoms with Crippen LogP contribution in [0.1, 0.15) is 46.0 Å². The molecule has 1 atom stereocenters. The molecular weight excluding hydrogens is 292 g/mol. The first-order chi connectivity index (χ1) is 11.0. The molecule has 2 saturated heterocycles. The number of urea groups is 1. The van der Waals surface area contributed by atoms with E-state index in [1.165, 1.54) is 0 Å². The van der Waals surface area contributed by atoms with Gasteiger partial charge in [0.05, 0.1) is 0 Å². The topological polar surface area (TPSA) is 78.7 Å². The average Bonchev–Trinajstić information content (AvgIpc) is 2.53. The van der Waals surface area contributed by atoms with Crippen molar-refractivity contribution in [2.24, 2.45) is 17.6 Å². The number of carbonyl (C=O) groups is 2. The number of amides is 3. The third-order valence-corrected chi connectivity index (χ3v) is 4.82. The summed E-state index contributed by atoms with van der Waals surface area (Å²) >= 11 is 0.